The van der Waals surface area contributed by atoms with Crippen LogP contribution in [-0.4, -0.2) is 27.7 Å². The van der Waals surface area contributed by atoms with Crippen molar-refractivity contribution in [1.29, 1.82) is 0 Å². The lowest BCUT2D eigenvalue weighted by Crippen LogP contribution is -2.39. The molecule has 0 unspecified atom stereocenters. The van der Waals surface area contributed by atoms with E-state index in [-0.39, 0.29) is 11.0 Å². The molecule has 0 saturated carbocycles. The summed E-state index contributed by atoms with van der Waals surface area (Å²) in [6.45, 7) is 9.12. The van der Waals surface area contributed by atoms with Crippen LogP contribution in [0, 0.1) is 0 Å². The van der Waals surface area contributed by atoms with Gasteiger partial charge in [-0.15, -0.1) is 9.50 Å². The third kappa shape index (κ3) is 5.31. The molecule has 0 atom stereocenters. The molecule has 4 rings (SSSR count). The molecule has 0 bridgehead atoms. The molecule has 3 N–H and O–H groups in total. The van der Waals surface area contributed by atoms with Gasteiger partial charge < -0.3 is 5.32 Å². The highest BCUT2D eigenvalue weighted by Crippen LogP contribution is 2.25. The molecule has 0 fully saturated rings. The van der Waals surface area contributed by atoms with Gasteiger partial charge >= 0.3 is 5.95 Å². The van der Waals surface area contributed by atoms with Crippen LogP contribution >= 0.6 is 0 Å². The van der Waals surface area contributed by atoms with Crippen LogP contribution in [0.5, 0.6) is 0 Å². The van der Waals surface area contributed by atoms with Gasteiger partial charge in [0.1, 0.15) is 0 Å². The summed E-state index contributed by atoms with van der Waals surface area (Å²) in [7, 11) is 1.97. The smallest absolute Gasteiger partial charge is 0.313 e. The number of hydrogen-bond donors (Lipinski definition) is 3. The average Bonchev–Trinajstić information content (AvgIpc) is 3.17. The molecule has 172 valence electrons. The van der Waals surface area contributed by atoms with Gasteiger partial charge in [-0.05, 0) is 41.6 Å². The van der Waals surface area contributed by atoms with Crippen molar-refractivity contribution in [3.8, 4) is 11.4 Å². The van der Waals surface area contributed by atoms with Gasteiger partial charge in [-0.2, -0.15) is 0 Å². The molecule has 0 spiro atoms. The molecular weight excluding hydrogens is 412 g/mol. The fourth-order valence-electron chi connectivity index (χ4n) is 3.88. The van der Waals surface area contributed by atoms with E-state index in [4.69, 9.17) is 4.98 Å². The number of hydrogen-bond acceptors (Lipinski definition) is 4. The van der Waals surface area contributed by atoms with Crippen LogP contribution in [0.1, 0.15) is 38.3 Å². The van der Waals surface area contributed by atoms with Crippen molar-refractivity contribution in [3.05, 3.63) is 82.1 Å². The van der Waals surface area contributed by atoms with E-state index >= 15 is 0 Å². The molecule has 0 aliphatic heterocycles. The Labute approximate surface area is 194 Å². The Kier molecular flexibility index (Phi) is 6.60. The first-order valence-electron chi connectivity index (χ1n) is 11.4. The second kappa shape index (κ2) is 9.58. The Hall–Kier alpha value is -3.45. The Morgan fingerprint density at radius 2 is 1.76 bits per heavy atom. The average molecular weight is 446 g/mol. The quantitative estimate of drug-likeness (QED) is 0.287. The molecule has 0 amide bonds. The molecule has 7 heteroatoms. The number of benzene rings is 2. The van der Waals surface area contributed by atoms with Crippen LogP contribution in [0.3, 0.4) is 0 Å². The Bertz CT molecular complexity index is 1270. The first-order valence-corrected chi connectivity index (χ1v) is 11.4. The molecular formula is C26H33N6O+. The summed E-state index contributed by atoms with van der Waals surface area (Å²) in [5.41, 5.74) is 4.07. The highest BCUT2D eigenvalue weighted by Gasteiger charge is 2.21. The fraction of sp³-hybridized carbons (Fsp3) is 0.346. The van der Waals surface area contributed by atoms with Crippen molar-refractivity contribution < 1.29 is 4.57 Å². The topological polar surface area (TPSA) is 78.1 Å². The largest absolute Gasteiger partial charge is 0.341 e. The predicted octanol–water partition coefficient (Wildman–Crippen LogP) is 3.40. The summed E-state index contributed by atoms with van der Waals surface area (Å²) in [5.74, 6) is 1.60. The number of anilines is 1. The van der Waals surface area contributed by atoms with Crippen molar-refractivity contribution in [2.45, 2.75) is 39.2 Å². The molecule has 4 aromatic rings. The third-order valence-corrected chi connectivity index (χ3v) is 5.77. The Balaban J connectivity index is 1.50. The zero-order valence-electron chi connectivity index (χ0n) is 19.9. The van der Waals surface area contributed by atoms with Gasteiger partial charge in [-0.25, -0.2) is 9.67 Å². The number of nitrogens with zero attached hydrogens (tertiary/aromatic N) is 3. The van der Waals surface area contributed by atoms with Crippen LogP contribution in [-0.2, 0) is 19.0 Å². The maximum absolute atomic E-state index is 12.0. The standard InChI is InChI=1S/C26H32N6O/c1-26(2,3)21-13-11-20(12-14-21)24-29-22-17-23(33)30-32(22)25(31(24)4)28-16-8-15-27-18-19-9-6-5-7-10-19/h5-7,9-14,17,27H,8,15-16,18H2,1-4H3,(H,30,33)/p+1. The molecule has 2 heterocycles. The van der Waals surface area contributed by atoms with E-state index in [1.165, 1.54) is 17.2 Å². The van der Waals surface area contributed by atoms with Crippen molar-refractivity contribution >= 4 is 11.6 Å². The fourth-order valence-corrected chi connectivity index (χ4v) is 3.88. The van der Waals surface area contributed by atoms with E-state index in [0.717, 1.165) is 43.4 Å². The lowest BCUT2D eigenvalue weighted by Gasteiger charge is -2.19. The molecule has 2 aromatic heterocycles. The highest BCUT2D eigenvalue weighted by atomic mass is 16.1. The molecule has 0 aliphatic carbocycles. The van der Waals surface area contributed by atoms with Gasteiger partial charge in [0.2, 0.25) is 5.82 Å². The molecule has 0 aliphatic rings. The zero-order chi connectivity index (χ0) is 23.4. The SMILES string of the molecule is C[n+]1c(-c2ccc(C(C)(C)C)cc2)nc2cc(=O)[nH]n2c1NCCCNCc1ccccc1. The van der Waals surface area contributed by atoms with Crippen molar-refractivity contribution in [2.24, 2.45) is 7.05 Å². The van der Waals surface area contributed by atoms with E-state index in [9.17, 15) is 4.79 Å². The van der Waals surface area contributed by atoms with Crippen molar-refractivity contribution in [1.82, 2.24) is 19.9 Å². The lowest BCUT2D eigenvalue weighted by molar-refractivity contribution is -0.651. The maximum Gasteiger partial charge on any atom is 0.341 e. The van der Waals surface area contributed by atoms with Crippen LogP contribution < -0.4 is 20.8 Å². The zero-order valence-corrected chi connectivity index (χ0v) is 19.9. The van der Waals surface area contributed by atoms with Crippen LogP contribution in [0.25, 0.3) is 17.0 Å². The van der Waals surface area contributed by atoms with Crippen LogP contribution in [0.15, 0.2) is 65.5 Å². The van der Waals surface area contributed by atoms with Gasteiger partial charge in [-0.1, -0.05) is 63.2 Å². The molecule has 0 radical (unpaired) electrons. The molecule has 2 aromatic carbocycles. The third-order valence-electron chi connectivity index (χ3n) is 5.77. The van der Waals surface area contributed by atoms with Gasteiger partial charge in [-0.3, -0.25) is 10.1 Å². The minimum Gasteiger partial charge on any atom is -0.313 e. The maximum atomic E-state index is 12.0. The normalized spacial score (nSPS) is 11.8. The van der Waals surface area contributed by atoms with Gasteiger partial charge in [0.05, 0.1) is 19.7 Å². The Morgan fingerprint density at radius 3 is 2.45 bits per heavy atom. The van der Waals surface area contributed by atoms with E-state index in [2.05, 4.69) is 85.0 Å². The number of nitrogens with one attached hydrogen (secondary N) is 3. The minimum atomic E-state index is -0.171. The summed E-state index contributed by atoms with van der Waals surface area (Å²) in [6.07, 6.45) is 0.942. The van der Waals surface area contributed by atoms with E-state index in [1.807, 2.05) is 17.7 Å². The van der Waals surface area contributed by atoms with Crippen LogP contribution in [0.2, 0.25) is 0 Å². The summed E-state index contributed by atoms with van der Waals surface area (Å²) in [4.78, 5) is 16.8. The number of rotatable bonds is 8. The van der Waals surface area contributed by atoms with Gasteiger partial charge in [0, 0.05) is 12.1 Å². The predicted molar refractivity (Wildman–Crippen MR) is 132 cm³/mol. The highest BCUT2D eigenvalue weighted by molar-refractivity contribution is 5.57. The molecule has 0 saturated heterocycles. The van der Waals surface area contributed by atoms with E-state index in [1.54, 1.807) is 4.52 Å². The van der Waals surface area contributed by atoms with Crippen LogP contribution in [0.4, 0.5) is 5.95 Å². The second-order valence-corrected chi connectivity index (χ2v) is 9.40. The summed E-state index contributed by atoms with van der Waals surface area (Å²) in [6, 6.07) is 20.4. The number of H-pyrrole nitrogens is 1. The van der Waals surface area contributed by atoms with Gasteiger partial charge in [0.25, 0.3) is 11.2 Å². The molecule has 33 heavy (non-hydrogen) atoms. The summed E-state index contributed by atoms with van der Waals surface area (Å²) < 4.78 is 3.71. The number of aromatic amines is 1. The van der Waals surface area contributed by atoms with E-state index in [0.29, 0.717) is 5.65 Å². The van der Waals surface area contributed by atoms with Gasteiger partial charge in [0.15, 0.2) is 0 Å². The van der Waals surface area contributed by atoms with Crippen molar-refractivity contribution in [2.75, 3.05) is 18.4 Å². The Morgan fingerprint density at radius 1 is 1.03 bits per heavy atom. The number of aromatic nitrogens is 4. The van der Waals surface area contributed by atoms with Crippen molar-refractivity contribution in [3.63, 3.8) is 0 Å². The summed E-state index contributed by atoms with van der Waals surface area (Å²) in [5, 5.41) is 9.81. The molecule has 7 nitrogen and oxygen atoms in total. The first-order chi connectivity index (χ1) is 15.8. The first kappa shape index (κ1) is 22.7. The van der Waals surface area contributed by atoms with E-state index < -0.39 is 0 Å². The second-order valence-electron chi connectivity index (χ2n) is 9.40. The number of fused-ring (bicyclic) bond motifs is 1. The monoisotopic (exact) mass is 445 g/mol. The summed E-state index contributed by atoms with van der Waals surface area (Å²) >= 11 is 0. The lowest BCUT2D eigenvalue weighted by atomic mass is 9.86. The minimum absolute atomic E-state index is 0.0906.